The van der Waals surface area contributed by atoms with Crippen LogP contribution >= 0.6 is 0 Å². The van der Waals surface area contributed by atoms with Crippen LogP contribution in [0.5, 0.6) is 0 Å². The van der Waals surface area contributed by atoms with Crippen molar-refractivity contribution in [1.29, 1.82) is 0 Å². The second-order valence-corrected chi connectivity index (χ2v) is 0.670. The number of nitrogens with one attached hydrogen (secondary N) is 1. The molecule has 1 nitrogen and oxygen atoms in total. The summed E-state index contributed by atoms with van der Waals surface area (Å²) in [5, 5.41) is 2.15. The molecule has 0 heterocycles. The van der Waals surface area contributed by atoms with Crippen LogP contribution in [-0.4, -0.2) is 6.54 Å². The molecule has 0 saturated carbocycles. The van der Waals surface area contributed by atoms with Gasteiger partial charge in [0.05, 0.1) is 7.05 Å². The first-order chi connectivity index (χ1) is 2.41. The van der Waals surface area contributed by atoms with Gasteiger partial charge in [-0.25, -0.2) is 0 Å². The predicted octanol–water partition coefficient (Wildman–Crippen LogP) is 0.308. The lowest BCUT2D eigenvalue weighted by Gasteiger charge is -1.77. The largest absolute Gasteiger partial charge is 0.303 e. The third-order valence-corrected chi connectivity index (χ3v) is 0.246. The molecular formula is C4H6N. The Kier molecular flexibility index (Phi) is 3.48. The second kappa shape index (κ2) is 3.70. The molecule has 0 aromatic heterocycles. The molecule has 0 aliphatic heterocycles. The minimum Gasteiger partial charge on any atom is -0.303 e. The van der Waals surface area contributed by atoms with Crippen LogP contribution in [0.25, 0.3) is 0 Å². The maximum Gasteiger partial charge on any atom is 0.0853 e. The molecule has 0 aromatic carbocycles. The van der Waals surface area contributed by atoms with Gasteiger partial charge >= 0.3 is 0 Å². The quantitative estimate of drug-likeness (QED) is 0.459. The van der Waals surface area contributed by atoms with E-state index in [9.17, 15) is 0 Å². The van der Waals surface area contributed by atoms with Crippen LogP contribution in [0.2, 0.25) is 0 Å². The topological polar surface area (TPSA) is 12.0 Å². The molecule has 3 radical (unpaired) electrons. The molecule has 0 atom stereocenters. The highest BCUT2D eigenvalue weighted by molar-refractivity contribution is 4.68. The fourth-order valence-corrected chi connectivity index (χ4v) is 0.0722. The van der Waals surface area contributed by atoms with Crippen molar-refractivity contribution in [1.82, 2.24) is 5.32 Å². The van der Waals surface area contributed by atoms with E-state index < -0.39 is 0 Å². The fraction of sp³-hybridized carbons (Fsp3) is 0.250. The molecule has 1 N–H and O–H groups in total. The number of hydrogen-bond acceptors (Lipinski definition) is 1. The van der Waals surface area contributed by atoms with Crippen molar-refractivity contribution in [2.24, 2.45) is 0 Å². The van der Waals surface area contributed by atoms with E-state index in [2.05, 4.69) is 11.9 Å². The zero-order valence-corrected chi connectivity index (χ0v) is 2.99. The molecular weight excluding hydrogens is 62.1 g/mol. The minimum atomic E-state index is 0.569. The number of hydrogen-bond donors (Lipinski definition) is 1. The summed E-state index contributed by atoms with van der Waals surface area (Å²) in [5.74, 6) is 0. The van der Waals surface area contributed by atoms with Crippen molar-refractivity contribution >= 4 is 0 Å². The first-order valence-electron chi connectivity index (χ1n) is 1.42. The molecule has 0 bridgehead atoms. The van der Waals surface area contributed by atoms with Crippen LogP contribution in [0.3, 0.4) is 0 Å². The van der Waals surface area contributed by atoms with Crippen LogP contribution in [0.15, 0.2) is 12.7 Å². The predicted molar refractivity (Wildman–Crippen MR) is 21.4 cm³/mol. The third kappa shape index (κ3) is 3.70. The Bertz CT molecular complexity index is 24.8. The highest BCUT2D eigenvalue weighted by Gasteiger charge is 1.58. The Morgan fingerprint density at radius 2 is 2.60 bits per heavy atom. The van der Waals surface area contributed by atoms with Crippen LogP contribution in [0.1, 0.15) is 0 Å². The summed E-state index contributed by atoms with van der Waals surface area (Å²) in [4.78, 5) is 0. The minimum absolute atomic E-state index is 0.569. The molecule has 0 fully saturated rings. The third-order valence-electron chi connectivity index (χ3n) is 0.246. The average molecular weight is 68.1 g/mol. The lowest BCUT2D eigenvalue weighted by atomic mass is 10.6. The summed E-state index contributed by atoms with van der Waals surface area (Å²) in [7, 11) is 6.28. The summed E-state index contributed by atoms with van der Waals surface area (Å²) in [6.45, 7) is 3.94. The number of rotatable bonds is 2. The highest BCUT2D eigenvalue weighted by Crippen LogP contribution is 1.50. The Hall–Kier alpha value is -0.300. The average Bonchev–Trinajstić information content (AvgIpc) is 1.41. The molecule has 0 spiro atoms. The molecule has 27 valence electrons. The van der Waals surface area contributed by atoms with Crippen molar-refractivity contribution in [3.63, 3.8) is 0 Å². The van der Waals surface area contributed by atoms with E-state index in [1.54, 1.807) is 6.08 Å². The van der Waals surface area contributed by atoms with Gasteiger partial charge < -0.3 is 5.32 Å². The van der Waals surface area contributed by atoms with Crippen molar-refractivity contribution in [3.8, 4) is 0 Å². The summed E-state index contributed by atoms with van der Waals surface area (Å²) in [6, 6.07) is 0. The molecule has 0 saturated heterocycles. The Morgan fingerprint density at radius 3 is 2.60 bits per heavy atom. The van der Waals surface area contributed by atoms with Gasteiger partial charge in [0, 0.05) is 6.54 Å². The van der Waals surface area contributed by atoms with E-state index >= 15 is 0 Å². The Labute approximate surface area is 32.7 Å². The molecule has 5 heavy (non-hydrogen) atoms. The van der Waals surface area contributed by atoms with E-state index in [0.717, 1.165) is 0 Å². The second-order valence-electron chi connectivity index (χ2n) is 0.670. The molecule has 0 amide bonds. The van der Waals surface area contributed by atoms with Gasteiger partial charge in [-0.05, 0) is 0 Å². The molecule has 0 aliphatic rings. The van der Waals surface area contributed by atoms with E-state index in [1.807, 2.05) is 0 Å². The smallest absolute Gasteiger partial charge is 0.0853 e. The highest BCUT2D eigenvalue weighted by atomic mass is 14.8. The van der Waals surface area contributed by atoms with E-state index in [4.69, 9.17) is 7.05 Å². The SMILES string of the molecule is [C]NCC=C. The summed E-state index contributed by atoms with van der Waals surface area (Å²) in [5.41, 5.74) is 0. The summed E-state index contributed by atoms with van der Waals surface area (Å²) in [6.07, 6.45) is 1.63. The standard InChI is InChI=1S/C4H6N/c1-3-4-5-2/h3,5H,1,4H2. The van der Waals surface area contributed by atoms with Gasteiger partial charge in [0.2, 0.25) is 0 Å². The monoisotopic (exact) mass is 68.1 g/mol. The molecule has 1 heteroatoms. The zero-order chi connectivity index (χ0) is 4.12. The van der Waals surface area contributed by atoms with Crippen LogP contribution in [0, 0.1) is 7.05 Å². The van der Waals surface area contributed by atoms with Gasteiger partial charge in [-0.3, -0.25) is 0 Å². The van der Waals surface area contributed by atoms with Crippen molar-refractivity contribution in [2.75, 3.05) is 6.54 Å². The van der Waals surface area contributed by atoms with E-state index in [0.29, 0.717) is 6.54 Å². The van der Waals surface area contributed by atoms with Gasteiger partial charge in [0.25, 0.3) is 0 Å². The maximum atomic E-state index is 6.28. The van der Waals surface area contributed by atoms with Crippen LogP contribution in [-0.2, 0) is 0 Å². The first kappa shape index (κ1) is 4.70. The van der Waals surface area contributed by atoms with Gasteiger partial charge in [-0.2, -0.15) is 0 Å². The van der Waals surface area contributed by atoms with Crippen LogP contribution in [0.4, 0.5) is 0 Å². The normalized spacial score (nSPS) is 7.40. The van der Waals surface area contributed by atoms with Crippen molar-refractivity contribution in [2.45, 2.75) is 0 Å². The lowest BCUT2D eigenvalue weighted by molar-refractivity contribution is 0.985. The molecule has 0 unspecified atom stereocenters. The van der Waals surface area contributed by atoms with E-state index in [-0.39, 0.29) is 0 Å². The first-order valence-corrected chi connectivity index (χ1v) is 1.42. The molecule has 0 aliphatic carbocycles. The zero-order valence-electron chi connectivity index (χ0n) is 2.99. The van der Waals surface area contributed by atoms with Gasteiger partial charge in [0.15, 0.2) is 0 Å². The van der Waals surface area contributed by atoms with Crippen molar-refractivity contribution in [3.05, 3.63) is 19.7 Å². The maximum absolute atomic E-state index is 6.28. The lowest BCUT2D eigenvalue weighted by Crippen LogP contribution is -1.99. The van der Waals surface area contributed by atoms with Gasteiger partial charge in [0.1, 0.15) is 0 Å². The van der Waals surface area contributed by atoms with Crippen LogP contribution < -0.4 is 5.32 Å². The molecule has 0 aromatic rings. The van der Waals surface area contributed by atoms with Crippen molar-refractivity contribution < 1.29 is 0 Å². The Balaban J connectivity index is 2.40. The van der Waals surface area contributed by atoms with E-state index in [1.165, 1.54) is 0 Å². The molecule has 0 rings (SSSR count). The fourth-order valence-electron chi connectivity index (χ4n) is 0.0722. The Morgan fingerprint density at radius 1 is 2.00 bits per heavy atom. The van der Waals surface area contributed by atoms with Gasteiger partial charge in [-0.15, -0.1) is 6.58 Å². The summed E-state index contributed by atoms with van der Waals surface area (Å²) < 4.78 is 0. The van der Waals surface area contributed by atoms with Gasteiger partial charge in [-0.1, -0.05) is 6.08 Å². The summed E-state index contributed by atoms with van der Waals surface area (Å²) >= 11 is 0.